The number of carbonyl (C=O) groups excluding carboxylic acids is 1. The van der Waals surface area contributed by atoms with Gasteiger partial charge in [-0.1, -0.05) is 0 Å². The number of ether oxygens (including phenoxy) is 1. The van der Waals surface area contributed by atoms with Crippen molar-refractivity contribution >= 4 is 28.7 Å². The van der Waals surface area contributed by atoms with Gasteiger partial charge >= 0.3 is 6.09 Å². The van der Waals surface area contributed by atoms with Crippen molar-refractivity contribution in [2.45, 2.75) is 39.2 Å². The van der Waals surface area contributed by atoms with Crippen LogP contribution < -0.4 is 0 Å². The Labute approximate surface area is 133 Å². The van der Waals surface area contributed by atoms with E-state index in [1.165, 1.54) is 5.56 Å². The van der Waals surface area contributed by atoms with Crippen molar-refractivity contribution in [2.24, 2.45) is 0 Å². The summed E-state index contributed by atoms with van der Waals surface area (Å²) in [7, 11) is 0. The highest BCUT2D eigenvalue weighted by atomic mass is 127. The van der Waals surface area contributed by atoms with Crippen molar-refractivity contribution in [2.75, 3.05) is 13.1 Å². The van der Waals surface area contributed by atoms with Gasteiger partial charge in [0.05, 0.1) is 3.57 Å². The van der Waals surface area contributed by atoms with E-state index in [0.717, 1.165) is 22.0 Å². The fourth-order valence-electron chi connectivity index (χ4n) is 2.24. The molecule has 1 aliphatic rings. The largest absolute Gasteiger partial charge is 0.507 e. The average Bonchev–Trinajstić information content (AvgIpc) is 2.50. The van der Waals surface area contributed by atoms with Gasteiger partial charge in [0, 0.05) is 13.1 Å². The van der Waals surface area contributed by atoms with Gasteiger partial charge in [-0.15, -0.1) is 0 Å². The first-order valence-corrected chi connectivity index (χ1v) is 7.82. The first-order chi connectivity index (χ1) is 9.26. The molecule has 0 saturated heterocycles. The Morgan fingerprint density at radius 3 is 2.35 bits per heavy atom. The van der Waals surface area contributed by atoms with E-state index in [2.05, 4.69) is 22.6 Å². The van der Waals surface area contributed by atoms with Crippen molar-refractivity contribution in [3.8, 4) is 5.75 Å². The van der Waals surface area contributed by atoms with Gasteiger partial charge in [0.15, 0.2) is 0 Å². The van der Waals surface area contributed by atoms with E-state index in [9.17, 15) is 9.90 Å². The van der Waals surface area contributed by atoms with Gasteiger partial charge in [-0.05, 0) is 79.5 Å². The zero-order chi connectivity index (χ0) is 14.9. The van der Waals surface area contributed by atoms with E-state index in [4.69, 9.17) is 4.74 Å². The highest BCUT2D eigenvalue weighted by Crippen LogP contribution is 2.27. The van der Waals surface area contributed by atoms with Crippen LogP contribution in [0.4, 0.5) is 4.79 Å². The van der Waals surface area contributed by atoms with Crippen LogP contribution in [0.1, 0.15) is 31.9 Å². The Bertz CT molecular complexity index is 490. The minimum atomic E-state index is -0.468. The van der Waals surface area contributed by atoms with Crippen LogP contribution in [0.5, 0.6) is 5.75 Å². The van der Waals surface area contributed by atoms with Crippen molar-refractivity contribution in [1.82, 2.24) is 4.90 Å². The summed E-state index contributed by atoms with van der Waals surface area (Å²) in [6, 6.07) is 3.82. The van der Waals surface area contributed by atoms with Crippen LogP contribution in [0, 0.1) is 3.57 Å². The molecule has 1 aromatic carbocycles. The zero-order valence-corrected chi connectivity index (χ0v) is 14.2. The third kappa shape index (κ3) is 3.77. The van der Waals surface area contributed by atoms with Gasteiger partial charge in [0.25, 0.3) is 0 Å². The summed E-state index contributed by atoms with van der Waals surface area (Å²) in [5, 5.41) is 9.78. The number of phenols is 1. The lowest BCUT2D eigenvalue weighted by atomic mass is 10.0. The second-order valence-corrected chi connectivity index (χ2v) is 7.20. The predicted octanol–water partition coefficient (Wildman–Crippen LogP) is 3.33. The Hall–Kier alpha value is -0.980. The Balaban J connectivity index is 2.10. The molecule has 20 heavy (non-hydrogen) atoms. The van der Waals surface area contributed by atoms with Crippen LogP contribution >= 0.6 is 22.6 Å². The number of nitrogens with zero attached hydrogens (tertiary/aromatic N) is 1. The zero-order valence-electron chi connectivity index (χ0n) is 12.1. The summed E-state index contributed by atoms with van der Waals surface area (Å²) in [5.41, 5.74) is 1.86. The maximum atomic E-state index is 12.1. The maximum Gasteiger partial charge on any atom is 0.410 e. The van der Waals surface area contributed by atoms with Gasteiger partial charge < -0.3 is 14.7 Å². The van der Waals surface area contributed by atoms with Crippen molar-refractivity contribution in [1.29, 1.82) is 0 Å². The molecule has 4 nitrogen and oxygen atoms in total. The SMILES string of the molecule is CC(C)(C)OC(=O)N1CCc2cc(O)c(I)cc2CC1. The fraction of sp³-hybridized carbons (Fsp3) is 0.533. The number of benzene rings is 1. The van der Waals surface area contributed by atoms with Gasteiger partial charge in [-0.3, -0.25) is 0 Å². The van der Waals surface area contributed by atoms with Crippen LogP contribution in [-0.2, 0) is 17.6 Å². The van der Waals surface area contributed by atoms with E-state index in [1.807, 2.05) is 32.9 Å². The number of fused-ring (bicyclic) bond motifs is 1. The number of carbonyl (C=O) groups is 1. The Morgan fingerprint density at radius 1 is 1.25 bits per heavy atom. The number of phenolic OH excluding ortho intramolecular Hbond substituents is 1. The van der Waals surface area contributed by atoms with Crippen LogP contribution in [0.15, 0.2) is 12.1 Å². The van der Waals surface area contributed by atoms with E-state index in [1.54, 1.807) is 4.90 Å². The van der Waals surface area contributed by atoms with Gasteiger partial charge in [-0.2, -0.15) is 0 Å². The Morgan fingerprint density at radius 2 is 1.80 bits per heavy atom. The molecule has 2 rings (SSSR count). The molecule has 0 radical (unpaired) electrons. The molecule has 1 N–H and O–H groups in total. The third-order valence-electron chi connectivity index (χ3n) is 3.22. The molecule has 0 bridgehead atoms. The van der Waals surface area contributed by atoms with Crippen molar-refractivity contribution < 1.29 is 14.6 Å². The number of hydrogen-bond acceptors (Lipinski definition) is 3. The number of halogens is 1. The van der Waals surface area contributed by atoms with Crippen molar-refractivity contribution in [3.05, 3.63) is 26.8 Å². The fourth-order valence-corrected chi connectivity index (χ4v) is 2.78. The molecule has 0 aromatic heterocycles. The normalized spacial score (nSPS) is 15.5. The van der Waals surface area contributed by atoms with E-state index in [-0.39, 0.29) is 6.09 Å². The maximum absolute atomic E-state index is 12.1. The summed E-state index contributed by atoms with van der Waals surface area (Å²) in [6.45, 7) is 6.90. The van der Waals surface area contributed by atoms with E-state index < -0.39 is 5.60 Å². The number of rotatable bonds is 0. The quantitative estimate of drug-likeness (QED) is 0.693. The molecule has 0 unspecified atom stereocenters. The molecule has 0 aliphatic carbocycles. The Kier molecular flexibility index (Phi) is 4.46. The van der Waals surface area contributed by atoms with Crippen LogP contribution in [0.3, 0.4) is 0 Å². The molecular formula is C15H20INO3. The summed E-state index contributed by atoms with van der Waals surface area (Å²) < 4.78 is 6.27. The van der Waals surface area contributed by atoms with E-state index in [0.29, 0.717) is 18.8 Å². The molecule has 110 valence electrons. The molecule has 0 fully saturated rings. The smallest absolute Gasteiger partial charge is 0.410 e. The predicted molar refractivity (Wildman–Crippen MR) is 86.0 cm³/mol. The first kappa shape index (κ1) is 15.4. The lowest BCUT2D eigenvalue weighted by Crippen LogP contribution is -2.38. The molecule has 1 aromatic rings. The minimum absolute atomic E-state index is 0.260. The summed E-state index contributed by atoms with van der Waals surface area (Å²) in [4.78, 5) is 13.8. The highest BCUT2D eigenvalue weighted by Gasteiger charge is 2.24. The highest BCUT2D eigenvalue weighted by molar-refractivity contribution is 14.1. The second-order valence-electron chi connectivity index (χ2n) is 6.04. The van der Waals surface area contributed by atoms with Crippen LogP contribution in [0.25, 0.3) is 0 Å². The topological polar surface area (TPSA) is 49.8 Å². The van der Waals surface area contributed by atoms with E-state index >= 15 is 0 Å². The molecule has 5 heteroatoms. The van der Waals surface area contributed by atoms with Crippen molar-refractivity contribution in [3.63, 3.8) is 0 Å². The summed E-state index contributed by atoms with van der Waals surface area (Å²) in [6.07, 6.45) is 1.29. The molecule has 1 amide bonds. The molecule has 1 heterocycles. The molecule has 0 atom stereocenters. The summed E-state index contributed by atoms with van der Waals surface area (Å²) >= 11 is 2.12. The molecular weight excluding hydrogens is 369 g/mol. The standard InChI is InChI=1S/C15H20INO3/c1-15(2,3)20-14(19)17-6-4-10-8-12(16)13(18)9-11(10)5-7-17/h8-9,18H,4-7H2,1-3H3. The lowest BCUT2D eigenvalue weighted by Gasteiger charge is -2.26. The number of aromatic hydroxyl groups is 1. The lowest BCUT2D eigenvalue weighted by molar-refractivity contribution is 0.0258. The number of hydrogen-bond donors (Lipinski definition) is 1. The average molecular weight is 389 g/mol. The molecule has 0 spiro atoms. The van der Waals surface area contributed by atoms with Gasteiger partial charge in [-0.25, -0.2) is 4.79 Å². The monoisotopic (exact) mass is 389 g/mol. The van der Waals surface area contributed by atoms with Gasteiger partial charge in [0.1, 0.15) is 11.4 Å². The minimum Gasteiger partial charge on any atom is -0.507 e. The number of amides is 1. The van der Waals surface area contributed by atoms with Crippen LogP contribution in [-0.4, -0.2) is 34.8 Å². The molecule has 1 aliphatic heterocycles. The summed E-state index contributed by atoms with van der Waals surface area (Å²) in [5.74, 6) is 0.315. The third-order valence-corrected chi connectivity index (χ3v) is 4.09. The van der Waals surface area contributed by atoms with Gasteiger partial charge in [0.2, 0.25) is 0 Å². The second kappa shape index (κ2) is 5.79. The first-order valence-electron chi connectivity index (χ1n) is 6.74. The van der Waals surface area contributed by atoms with Crippen LogP contribution in [0.2, 0.25) is 0 Å². The molecule has 0 saturated carbocycles.